The van der Waals surface area contributed by atoms with Gasteiger partial charge in [-0.05, 0) is 6.92 Å². The van der Waals surface area contributed by atoms with E-state index in [4.69, 9.17) is 9.47 Å². The van der Waals surface area contributed by atoms with E-state index < -0.39 is 0 Å². The second-order valence-corrected chi connectivity index (χ2v) is 3.64. The van der Waals surface area contributed by atoms with Gasteiger partial charge in [-0.2, -0.15) is 0 Å². The van der Waals surface area contributed by atoms with Crippen LogP contribution in [0.25, 0.3) is 0 Å². The molecule has 0 amide bonds. The Morgan fingerprint density at radius 1 is 1.46 bits per heavy atom. The first-order valence-electron chi connectivity index (χ1n) is 4.73. The largest absolute Gasteiger partial charge is 0.462 e. The van der Waals surface area contributed by atoms with Crippen molar-refractivity contribution < 1.29 is 18.8 Å². The molecule has 4 nitrogen and oxygen atoms in total. The summed E-state index contributed by atoms with van der Waals surface area (Å²) in [6.45, 7) is 6.06. The predicted molar refractivity (Wildman–Crippen MR) is 48.2 cm³/mol. The fourth-order valence-electron chi connectivity index (χ4n) is 1.46. The van der Waals surface area contributed by atoms with Gasteiger partial charge in [0.2, 0.25) is 0 Å². The minimum atomic E-state index is -0.105. The van der Waals surface area contributed by atoms with Gasteiger partial charge in [-0.1, -0.05) is 0 Å². The zero-order valence-corrected chi connectivity index (χ0v) is 8.41. The minimum Gasteiger partial charge on any atom is -0.462 e. The number of hydrogen-bond donors (Lipinski definition) is 0. The summed E-state index contributed by atoms with van der Waals surface area (Å²) in [7, 11) is 2.07. The summed E-state index contributed by atoms with van der Waals surface area (Å²) in [4.78, 5) is 11.2. The van der Waals surface area contributed by atoms with Crippen LogP contribution in [0.4, 0.5) is 0 Å². The van der Waals surface area contributed by atoms with Crippen LogP contribution in [0.2, 0.25) is 0 Å². The van der Waals surface area contributed by atoms with Gasteiger partial charge in [0.15, 0.2) is 6.54 Å². The summed E-state index contributed by atoms with van der Waals surface area (Å²) >= 11 is 0. The molecular weight excluding hydrogens is 170 g/mol. The molecule has 76 valence electrons. The molecule has 0 unspecified atom stereocenters. The highest BCUT2D eigenvalue weighted by Gasteiger charge is 2.28. The Labute approximate surface area is 79.0 Å². The SMILES string of the molecule is CCOC(=O)C[N+]1(C)CCOCC1. The molecule has 13 heavy (non-hydrogen) atoms. The molecule has 0 radical (unpaired) electrons. The van der Waals surface area contributed by atoms with Crippen LogP contribution in [0.1, 0.15) is 6.92 Å². The summed E-state index contributed by atoms with van der Waals surface area (Å²) in [6.07, 6.45) is 0. The Morgan fingerprint density at radius 2 is 2.08 bits per heavy atom. The van der Waals surface area contributed by atoms with Gasteiger partial charge in [-0.15, -0.1) is 0 Å². The highest BCUT2D eigenvalue weighted by atomic mass is 16.5. The van der Waals surface area contributed by atoms with Gasteiger partial charge in [0.05, 0.1) is 26.9 Å². The van der Waals surface area contributed by atoms with E-state index in [1.165, 1.54) is 0 Å². The van der Waals surface area contributed by atoms with Crippen LogP contribution >= 0.6 is 0 Å². The van der Waals surface area contributed by atoms with Gasteiger partial charge in [-0.25, -0.2) is 4.79 Å². The smallest absolute Gasteiger partial charge is 0.361 e. The standard InChI is InChI=1S/C9H18NO3/c1-3-13-9(11)8-10(2)4-6-12-7-5-10/h3-8H2,1-2H3/q+1. The number of hydrogen-bond acceptors (Lipinski definition) is 3. The van der Waals surface area contributed by atoms with Gasteiger partial charge in [0.25, 0.3) is 0 Å². The topological polar surface area (TPSA) is 35.5 Å². The van der Waals surface area contributed by atoms with Gasteiger partial charge < -0.3 is 14.0 Å². The molecule has 0 aliphatic carbocycles. The number of rotatable bonds is 3. The van der Waals surface area contributed by atoms with E-state index in [9.17, 15) is 4.79 Å². The lowest BCUT2D eigenvalue weighted by Crippen LogP contribution is -2.54. The van der Waals surface area contributed by atoms with Crippen molar-refractivity contribution in [2.75, 3.05) is 46.5 Å². The Morgan fingerprint density at radius 3 is 2.62 bits per heavy atom. The number of nitrogens with zero attached hydrogens (tertiary/aromatic N) is 1. The first-order valence-corrected chi connectivity index (χ1v) is 4.73. The first kappa shape index (κ1) is 10.5. The van der Waals surface area contributed by atoms with Crippen molar-refractivity contribution in [3.63, 3.8) is 0 Å². The maximum atomic E-state index is 11.2. The molecule has 1 fully saturated rings. The minimum absolute atomic E-state index is 0.105. The zero-order chi connectivity index (χ0) is 9.73. The lowest BCUT2D eigenvalue weighted by atomic mass is 10.3. The van der Waals surface area contributed by atoms with Crippen molar-refractivity contribution in [1.82, 2.24) is 0 Å². The third-order valence-corrected chi connectivity index (χ3v) is 2.37. The van der Waals surface area contributed by atoms with Crippen molar-refractivity contribution in [3.8, 4) is 0 Å². The Bertz CT molecular complexity index is 176. The van der Waals surface area contributed by atoms with Crippen LogP contribution in [-0.2, 0) is 14.3 Å². The molecule has 1 heterocycles. The molecule has 0 aromatic heterocycles. The molecular formula is C9H18NO3+. The zero-order valence-electron chi connectivity index (χ0n) is 8.41. The van der Waals surface area contributed by atoms with Crippen LogP contribution in [0.5, 0.6) is 0 Å². The van der Waals surface area contributed by atoms with Crippen LogP contribution in [0.3, 0.4) is 0 Å². The van der Waals surface area contributed by atoms with Crippen molar-refractivity contribution >= 4 is 5.97 Å². The number of likely N-dealkylation sites (N-methyl/N-ethyl adjacent to an activating group) is 1. The molecule has 0 N–H and O–H groups in total. The average Bonchev–Trinajstić information content (AvgIpc) is 2.04. The Kier molecular flexibility index (Phi) is 3.69. The molecule has 0 spiro atoms. The highest BCUT2D eigenvalue weighted by Crippen LogP contribution is 2.07. The molecule has 1 rings (SSSR count). The number of morpholine rings is 1. The summed E-state index contributed by atoms with van der Waals surface area (Å²) in [5.41, 5.74) is 0. The normalized spacial score (nSPS) is 21.1. The van der Waals surface area contributed by atoms with E-state index in [-0.39, 0.29) is 5.97 Å². The maximum absolute atomic E-state index is 11.2. The molecule has 1 aliphatic heterocycles. The number of ether oxygens (including phenoxy) is 2. The summed E-state index contributed by atoms with van der Waals surface area (Å²) < 4.78 is 10.9. The van der Waals surface area contributed by atoms with Crippen LogP contribution < -0.4 is 0 Å². The quantitative estimate of drug-likeness (QED) is 0.463. The van der Waals surface area contributed by atoms with E-state index in [0.29, 0.717) is 13.2 Å². The molecule has 0 saturated carbocycles. The van der Waals surface area contributed by atoms with Crippen molar-refractivity contribution in [1.29, 1.82) is 0 Å². The fourth-order valence-corrected chi connectivity index (χ4v) is 1.46. The predicted octanol–water partition coefficient (Wildman–Crippen LogP) is 0.0263. The third-order valence-electron chi connectivity index (χ3n) is 2.37. The van der Waals surface area contributed by atoms with Gasteiger partial charge >= 0.3 is 5.97 Å². The molecule has 0 bridgehead atoms. The summed E-state index contributed by atoms with van der Waals surface area (Å²) in [5, 5.41) is 0. The van der Waals surface area contributed by atoms with Crippen molar-refractivity contribution in [2.45, 2.75) is 6.92 Å². The van der Waals surface area contributed by atoms with Gasteiger partial charge in [-0.3, -0.25) is 0 Å². The van der Waals surface area contributed by atoms with E-state index in [0.717, 1.165) is 30.8 Å². The van der Waals surface area contributed by atoms with Crippen LogP contribution in [0.15, 0.2) is 0 Å². The third kappa shape index (κ3) is 3.32. The summed E-state index contributed by atoms with van der Waals surface area (Å²) in [5.74, 6) is -0.105. The van der Waals surface area contributed by atoms with Crippen molar-refractivity contribution in [2.24, 2.45) is 0 Å². The van der Waals surface area contributed by atoms with Crippen molar-refractivity contribution in [3.05, 3.63) is 0 Å². The molecule has 0 atom stereocenters. The second-order valence-electron chi connectivity index (χ2n) is 3.64. The van der Waals surface area contributed by atoms with Crippen LogP contribution in [-0.4, -0.2) is 57.0 Å². The molecule has 0 aromatic rings. The maximum Gasteiger partial charge on any atom is 0.361 e. The lowest BCUT2D eigenvalue weighted by Gasteiger charge is -2.36. The molecule has 1 saturated heterocycles. The lowest BCUT2D eigenvalue weighted by molar-refractivity contribution is -0.910. The Hall–Kier alpha value is -0.610. The molecule has 4 heteroatoms. The molecule has 0 aromatic carbocycles. The number of carbonyl (C=O) groups excluding carboxylic acids is 1. The van der Waals surface area contributed by atoms with Gasteiger partial charge in [0, 0.05) is 0 Å². The molecule has 1 aliphatic rings. The average molecular weight is 188 g/mol. The van der Waals surface area contributed by atoms with E-state index in [1.807, 2.05) is 6.92 Å². The fraction of sp³-hybridized carbons (Fsp3) is 0.889. The van der Waals surface area contributed by atoms with E-state index >= 15 is 0 Å². The monoisotopic (exact) mass is 188 g/mol. The van der Waals surface area contributed by atoms with Crippen LogP contribution in [0, 0.1) is 0 Å². The van der Waals surface area contributed by atoms with E-state index in [1.54, 1.807) is 0 Å². The number of carbonyl (C=O) groups is 1. The summed E-state index contributed by atoms with van der Waals surface area (Å²) in [6, 6.07) is 0. The highest BCUT2D eigenvalue weighted by molar-refractivity contribution is 5.70. The van der Waals surface area contributed by atoms with E-state index in [2.05, 4.69) is 7.05 Å². The number of esters is 1. The Balaban J connectivity index is 2.36. The second kappa shape index (κ2) is 4.58. The van der Waals surface area contributed by atoms with Gasteiger partial charge in [0.1, 0.15) is 13.1 Å². The first-order chi connectivity index (χ1) is 6.16. The number of quaternary nitrogens is 1.